The maximum absolute atomic E-state index is 12.4. The average Bonchev–Trinajstić information content (AvgIpc) is 3.02. The smallest absolute Gasteiger partial charge is 0.173 e. The molecule has 0 unspecified atom stereocenters. The van der Waals surface area contributed by atoms with Gasteiger partial charge in [0.1, 0.15) is 0 Å². The first-order chi connectivity index (χ1) is 11.3. The Hall–Kier alpha value is -2.59. The number of Topliss-reactive ketones (excluding diaryl/α,β-unsaturated/α-hetero) is 1. The minimum atomic E-state index is 0.112. The van der Waals surface area contributed by atoms with Gasteiger partial charge in [0.25, 0.3) is 0 Å². The lowest BCUT2D eigenvalue weighted by atomic mass is 10.1. The number of carbonyl (C=O) groups excluding carboxylic acids is 1. The molecule has 0 aliphatic rings. The maximum atomic E-state index is 12.4. The minimum Gasteiger partial charge on any atom is -0.333 e. The van der Waals surface area contributed by atoms with Crippen molar-refractivity contribution in [3.05, 3.63) is 72.3 Å². The standard InChI is InChI=1S/C19H14N2OS/c22-18(15-10-9-13-5-1-2-6-14(13)11-15)12-23-19-20-16-7-3-4-8-17(16)21-19/h1-11H,12H2,(H,20,21). The molecule has 0 aliphatic heterocycles. The summed E-state index contributed by atoms with van der Waals surface area (Å²) in [4.78, 5) is 20.1. The molecule has 4 rings (SSSR count). The van der Waals surface area contributed by atoms with E-state index in [1.165, 1.54) is 11.8 Å². The molecule has 3 nitrogen and oxygen atoms in total. The van der Waals surface area contributed by atoms with Crippen LogP contribution in [0.1, 0.15) is 10.4 Å². The summed E-state index contributed by atoms with van der Waals surface area (Å²) in [6.07, 6.45) is 0. The summed E-state index contributed by atoms with van der Waals surface area (Å²) in [6.45, 7) is 0. The molecule has 0 radical (unpaired) electrons. The third kappa shape index (κ3) is 2.85. The highest BCUT2D eigenvalue weighted by atomic mass is 32.2. The fourth-order valence-electron chi connectivity index (χ4n) is 2.58. The zero-order chi connectivity index (χ0) is 15.6. The van der Waals surface area contributed by atoms with Crippen molar-refractivity contribution in [2.24, 2.45) is 0 Å². The molecule has 0 bridgehead atoms. The zero-order valence-corrected chi connectivity index (χ0v) is 13.1. The van der Waals surface area contributed by atoms with Crippen LogP contribution in [0.2, 0.25) is 0 Å². The molecule has 4 heteroatoms. The second kappa shape index (κ2) is 5.89. The molecule has 0 saturated carbocycles. The molecule has 0 amide bonds. The minimum absolute atomic E-state index is 0.112. The van der Waals surface area contributed by atoms with Gasteiger partial charge in [0.2, 0.25) is 0 Å². The van der Waals surface area contributed by atoms with Gasteiger partial charge >= 0.3 is 0 Å². The van der Waals surface area contributed by atoms with Crippen LogP contribution in [0.25, 0.3) is 21.8 Å². The number of benzene rings is 3. The SMILES string of the molecule is O=C(CSc1nc2ccccc2[nH]1)c1ccc2ccccc2c1. The van der Waals surface area contributed by atoms with Crippen LogP contribution in [-0.2, 0) is 0 Å². The third-order valence-corrected chi connectivity index (χ3v) is 4.65. The van der Waals surface area contributed by atoms with Crippen molar-refractivity contribution < 1.29 is 4.79 Å². The summed E-state index contributed by atoms with van der Waals surface area (Å²) in [6, 6.07) is 21.8. The van der Waals surface area contributed by atoms with Gasteiger partial charge in [-0.15, -0.1) is 0 Å². The molecule has 0 fully saturated rings. The molecule has 23 heavy (non-hydrogen) atoms. The van der Waals surface area contributed by atoms with E-state index in [-0.39, 0.29) is 5.78 Å². The molecule has 0 aliphatic carbocycles. The van der Waals surface area contributed by atoms with Gasteiger partial charge in [0.15, 0.2) is 10.9 Å². The first kappa shape index (κ1) is 14.0. The number of imidazole rings is 1. The van der Waals surface area contributed by atoms with Gasteiger partial charge in [0, 0.05) is 5.56 Å². The Bertz CT molecular complexity index is 973. The highest BCUT2D eigenvalue weighted by molar-refractivity contribution is 7.99. The molecule has 0 saturated heterocycles. The van der Waals surface area contributed by atoms with Gasteiger partial charge in [-0.25, -0.2) is 4.98 Å². The number of rotatable bonds is 4. The second-order valence-electron chi connectivity index (χ2n) is 5.33. The summed E-state index contributed by atoms with van der Waals surface area (Å²) in [7, 11) is 0. The van der Waals surface area contributed by atoms with Gasteiger partial charge in [-0.1, -0.05) is 60.3 Å². The van der Waals surface area contributed by atoms with Gasteiger partial charge in [0.05, 0.1) is 16.8 Å². The number of nitrogens with one attached hydrogen (secondary N) is 1. The Labute approximate surface area is 137 Å². The molecule has 1 aromatic heterocycles. The van der Waals surface area contributed by atoms with E-state index in [1.807, 2.05) is 66.7 Å². The number of hydrogen-bond donors (Lipinski definition) is 1. The number of aromatic amines is 1. The molecule has 3 aromatic carbocycles. The molecule has 0 spiro atoms. The Kier molecular flexibility index (Phi) is 3.60. The third-order valence-electron chi connectivity index (χ3n) is 3.78. The molecule has 112 valence electrons. The van der Waals surface area contributed by atoms with Crippen molar-refractivity contribution in [2.45, 2.75) is 5.16 Å². The van der Waals surface area contributed by atoms with Crippen LogP contribution in [0.3, 0.4) is 0 Å². The predicted molar refractivity (Wildman–Crippen MR) is 95.1 cm³/mol. The predicted octanol–water partition coefficient (Wildman–Crippen LogP) is 4.69. The highest BCUT2D eigenvalue weighted by Gasteiger charge is 2.09. The van der Waals surface area contributed by atoms with Crippen molar-refractivity contribution >= 4 is 39.4 Å². The number of H-pyrrole nitrogens is 1. The topological polar surface area (TPSA) is 45.8 Å². The van der Waals surface area contributed by atoms with Crippen LogP contribution in [-0.4, -0.2) is 21.5 Å². The van der Waals surface area contributed by atoms with Crippen molar-refractivity contribution in [1.82, 2.24) is 9.97 Å². The summed E-state index contributed by atoms with van der Waals surface area (Å²) in [5.41, 5.74) is 2.66. The van der Waals surface area contributed by atoms with Crippen molar-refractivity contribution in [3.63, 3.8) is 0 Å². The number of aromatic nitrogens is 2. The van der Waals surface area contributed by atoms with Crippen LogP contribution in [0, 0.1) is 0 Å². The lowest BCUT2D eigenvalue weighted by Gasteiger charge is -2.02. The quantitative estimate of drug-likeness (QED) is 0.438. The second-order valence-corrected chi connectivity index (χ2v) is 6.30. The Morgan fingerprint density at radius 3 is 2.61 bits per heavy atom. The first-order valence-corrected chi connectivity index (χ1v) is 8.38. The van der Waals surface area contributed by atoms with Crippen molar-refractivity contribution in [1.29, 1.82) is 0 Å². The number of hydrogen-bond acceptors (Lipinski definition) is 3. The highest BCUT2D eigenvalue weighted by Crippen LogP contribution is 2.21. The molecule has 4 aromatic rings. The maximum Gasteiger partial charge on any atom is 0.173 e. The summed E-state index contributed by atoms with van der Waals surface area (Å²) >= 11 is 1.44. The normalized spacial score (nSPS) is 11.1. The number of carbonyl (C=O) groups is 1. The number of thioether (sulfide) groups is 1. The number of nitrogens with zero attached hydrogens (tertiary/aromatic N) is 1. The lowest BCUT2D eigenvalue weighted by Crippen LogP contribution is -2.02. The van der Waals surface area contributed by atoms with E-state index in [1.54, 1.807) is 0 Å². The van der Waals surface area contributed by atoms with Gasteiger partial charge < -0.3 is 4.98 Å². The molecule has 0 atom stereocenters. The average molecular weight is 318 g/mol. The fraction of sp³-hybridized carbons (Fsp3) is 0.0526. The number of para-hydroxylation sites is 2. The van der Waals surface area contributed by atoms with Crippen LogP contribution >= 0.6 is 11.8 Å². The molecule has 1 N–H and O–H groups in total. The fourth-order valence-corrected chi connectivity index (χ4v) is 3.36. The zero-order valence-electron chi connectivity index (χ0n) is 12.3. The molecular weight excluding hydrogens is 304 g/mol. The number of ketones is 1. The Balaban J connectivity index is 1.52. The largest absolute Gasteiger partial charge is 0.333 e. The van der Waals surface area contributed by atoms with E-state index in [9.17, 15) is 4.79 Å². The van der Waals surface area contributed by atoms with Crippen LogP contribution in [0.4, 0.5) is 0 Å². The summed E-state index contributed by atoms with van der Waals surface area (Å²) in [5, 5.41) is 3.02. The summed E-state index contributed by atoms with van der Waals surface area (Å²) in [5.74, 6) is 0.485. The summed E-state index contributed by atoms with van der Waals surface area (Å²) < 4.78 is 0. The van der Waals surface area contributed by atoms with Crippen molar-refractivity contribution in [3.8, 4) is 0 Å². The van der Waals surface area contributed by atoms with Crippen LogP contribution in [0.5, 0.6) is 0 Å². The van der Waals surface area contributed by atoms with Gasteiger partial charge in [-0.3, -0.25) is 4.79 Å². The van der Waals surface area contributed by atoms with E-state index in [4.69, 9.17) is 0 Å². The lowest BCUT2D eigenvalue weighted by molar-refractivity contribution is 0.102. The van der Waals surface area contributed by atoms with E-state index in [2.05, 4.69) is 9.97 Å². The monoisotopic (exact) mass is 318 g/mol. The molecule has 1 heterocycles. The van der Waals surface area contributed by atoms with Gasteiger partial charge in [-0.05, 0) is 29.0 Å². The Morgan fingerprint density at radius 2 is 1.74 bits per heavy atom. The van der Waals surface area contributed by atoms with E-state index >= 15 is 0 Å². The molecular formula is C19H14N2OS. The van der Waals surface area contributed by atoms with Crippen LogP contribution in [0.15, 0.2) is 71.9 Å². The van der Waals surface area contributed by atoms with Crippen molar-refractivity contribution in [2.75, 3.05) is 5.75 Å². The van der Waals surface area contributed by atoms with E-state index in [0.29, 0.717) is 5.75 Å². The van der Waals surface area contributed by atoms with E-state index < -0.39 is 0 Å². The van der Waals surface area contributed by atoms with Gasteiger partial charge in [-0.2, -0.15) is 0 Å². The number of fused-ring (bicyclic) bond motifs is 2. The van der Waals surface area contributed by atoms with E-state index in [0.717, 1.165) is 32.5 Å². The Morgan fingerprint density at radius 1 is 0.957 bits per heavy atom. The van der Waals surface area contributed by atoms with Crippen LogP contribution < -0.4 is 0 Å². The first-order valence-electron chi connectivity index (χ1n) is 7.39.